The quantitative estimate of drug-likeness (QED) is 0.742. The van der Waals surface area contributed by atoms with Gasteiger partial charge in [0.1, 0.15) is 5.58 Å². The second kappa shape index (κ2) is 6.15. The third kappa shape index (κ3) is 3.00. The Bertz CT molecular complexity index is 1000. The van der Waals surface area contributed by atoms with Crippen molar-refractivity contribution in [2.45, 2.75) is 46.2 Å². The maximum atomic E-state index is 11.9. The van der Waals surface area contributed by atoms with Crippen LogP contribution in [0.5, 0.6) is 0 Å². The van der Waals surface area contributed by atoms with Crippen LogP contribution in [0.4, 0.5) is 0 Å². The Morgan fingerprint density at radius 3 is 2.80 bits per heavy atom. The Morgan fingerprint density at radius 2 is 1.96 bits per heavy atom. The van der Waals surface area contributed by atoms with Crippen LogP contribution in [0.3, 0.4) is 0 Å². The van der Waals surface area contributed by atoms with Gasteiger partial charge in [0.15, 0.2) is 0 Å². The van der Waals surface area contributed by atoms with Crippen LogP contribution < -0.4 is 5.63 Å². The molecule has 0 unspecified atom stereocenters. The average Bonchev–Trinajstić information content (AvgIpc) is 3.14. The van der Waals surface area contributed by atoms with Gasteiger partial charge in [-0.25, -0.2) is 4.79 Å². The van der Waals surface area contributed by atoms with E-state index < -0.39 is 0 Å². The zero-order valence-electron chi connectivity index (χ0n) is 15.0. The molecule has 25 heavy (non-hydrogen) atoms. The number of benzene rings is 1. The fourth-order valence-electron chi connectivity index (χ4n) is 3.73. The Balaban J connectivity index is 1.63. The van der Waals surface area contributed by atoms with E-state index in [1.54, 1.807) is 6.07 Å². The lowest BCUT2D eigenvalue weighted by atomic mass is 10.0. The number of aromatic nitrogens is 2. The lowest BCUT2D eigenvalue weighted by Crippen LogP contribution is -2.19. The monoisotopic (exact) mass is 337 g/mol. The summed E-state index contributed by atoms with van der Waals surface area (Å²) < 4.78 is 5.39. The molecule has 4 rings (SSSR count). The Kier molecular flexibility index (Phi) is 3.96. The van der Waals surface area contributed by atoms with Crippen LogP contribution in [-0.2, 0) is 25.9 Å². The van der Waals surface area contributed by atoms with Crippen LogP contribution in [0, 0.1) is 13.8 Å². The fourth-order valence-corrected chi connectivity index (χ4v) is 3.73. The number of fused-ring (bicyclic) bond motifs is 2. The summed E-state index contributed by atoms with van der Waals surface area (Å²) in [7, 11) is 2.07. The number of nitrogens with zero attached hydrogens (tertiary/aromatic N) is 2. The molecule has 1 aromatic carbocycles. The SMILES string of the molecule is Cc1cc2oc(=O)cc(CN(C)Cc3n[nH]c4c3CCC4)c2cc1C. The van der Waals surface area contributed by atoms with Crippen molar-refractivity contribution < 1.29 is 4.42 Å². The van der Waals surface area contributed by atoms with E-state index >= 15 is 0 Å². The fraction of sp³-hybridized carbons (Fsp3) is 0.400. The van der Waals surface area contributed by atoms with Gasteiger partial charge in [-0.05, 0) is 74.5 Å². The van der Waals surface area contributed by atoms with Crippen LogP contribution in [0.2, 0.25) is 0 Å². The van der Waals surface area contributed by atoms with Gasteiger partial charge in [0.05, 0.1) is 5.69 Å². The van der Waals surface area contributed by atoms with Gasteiger partial charge >= 0.3 is 5.63 Å². The van der Waals surface area contributed by atoms with Gasteiger partial charge in [0, 0.05) is 30.2 Å². The Morgan fingerprint density at radius 1 is 1.16 bits per heavy atom. The molecule has 0 fully saturated rings. The first-order valence-electron chi connectivity index (χ1n) is 8.79. The van der Waals surface area contributed by atoms with Gasteiger partial charge in [-0.3, -0.25) is 10.00 Å². The number of nitrogens with one attached hydrogen (secondary N) is 1. The van der Waals surface area contributed by atoms with Crippen LogP contribution >= 0.6 is 0 Å². The van der Waals surface area contributed by atoms with Crippen molar-refractivity contribution >= 4 is 11.0 Å². The van der Waals surface area contributed by atoms with Crippen LogP contribution in [0.25, 0.3) is 11.0 Å². The molecule has 0 saturated heterocycles. The highest BCUT2D eigenvalue weighted by Gasteiger charge is 2.19. The van der Waals surface area contributed by atoms with Crippen LogP contribution in [0.1, 0.15) is 40.1 Å². The summed E-state index contributed by atoms with van der Waals surface area (Å²) in [5.41, 5.74) is 7.53. The van der Waals surface area contributed by atoms with Crippen molar-refractivity contribution in [1.82, 2.24) is 15.1 Å². The zero-order valence-corrected chi connectivity index (χ0v) is 15.0. The lowest BCUT2D eigenvalue weighted by Gasteiger charge is -2.17. The minimum absolute atomic E-state index is 0.292. The van der Waals surface area contributed by atoms with E-state index in [0.717, 1.165) is 41.6 Å². The van der Waals surface area contributed by atoms with E-state index in [4.69, 9.17) is 4.42 Å². The maximum Gasteiger partial charge on any atom is 0.336 e. The normalized spacial score (nSPS) is 13.8. The summed E-state index contributed by atoms with van der Waals surface area (Å²) in [5, 5.41) is 8.66. The molecule has 0 atom stereocenters. The Hall–Kier alpha value is -2.40. The predicted molar refractivity (Wildman–Crippen MR) is 97.7 cm³/mol. The van der Waals surface area contributed by atoms with E-state index in [-0.39, 0.29) is 5.63 Å². The highest BCUT2D eigenvalue weighted by atomic mass is 16.4. The molecule has 2 aromatic heterocycles. The smallest absolute Gasteiger partial charge is 0.336 e. The predicted octanol–water partition coefficient (Wildman–Crippen LogP) is 3.25. The molecule has 0 amide bonds. The number of aromatic amines is 1. The van der Waals surface area contributed by atoms with Crippen molar-refractivity contribution in [3.05, 3.63) is 62.3 Å². The number of rotatable bonds is 4. The van der Waals surface area contributed by atoms with Gasteiger partial charge in [0.2, 0.25) is 0 Å². The lowest BCUT2D eigenvalue weighted by molar-refractivity contribution is 0.314. The molecule has 0 bridgehead atoms. The second-order valence-corrected chi connectivity index (χ2v) is 7.18. The zero-order chi connectivity index (χ0) is 17.6. The first-order chi connectivity index (χ1) is 12.0. The summed E-state index contributed by atoms with van der Waals surface area (Å²) in [6.07, 6.45) is 3.43. The number of aryl methyl sites for hydroxylation is 3. The van der Waals surface area contributed by atoms with Gasteiger partial charge in [-0.1, -0.05) is 0 Å². The van der Waals surface area contributed by atoms with E-state index in [2.05, 4.69) is 35.1 Å². The first kappa shape index (κ1) is 16.1. The topological polar surface area (TPSA) is 62.1 Å². The molecule has 0 saturated carbocycles. The molecule has 0 aliphatic heterocycles. The first-order valence-corrected chi connectivity index (χ1v) is 8.79. The van der Waals surface area contributed by atoms with Gasteiger partial charge < -0.3 is 4.42 Å². The molecule has 2 heterocycles. The third-order valence-corrected chi connectivity index (χ3v) is 5.20. The van der Waals surface area contributed by atoms with Crippen molar-refractivity contribution in [2.24, 2.45) is 0 Å². The van der Waals surface area contributed by atoms with Crippen molar-refractivity contribution in [1.29, 1.82) is 0 Å². The van der Waals surface area contributed by atoms with Gasteiger partial charge in [0.25, 0.3) is 0 Å². The minimum atomic E-state index is -0.292. The summed E-state index contributed by atoms with van der Waals surface area (Å²) >= 11 is 0. The molecule has 0 spiro atoms. The number of hydrogen-bond acceptors (Lipinski definition) is 4. The summed E-state index contributed by atoms with van der Waals surface area (Å²) in [4.78, 5) is 14.2. The van der Waals surface area contributed by atoms with Gasteiger partial charge in [-0.15, -0.1) is 0 Å². The molecule has 5 heteroatoms. The van der Waals surface area contributed by atoms with Crippen molar-refractivity contribution in [2.75, 3.05) is 7.05 Å². The molecule has 1 aliphatic rings. The maximum absolute atomic E-state index is 11.9. The van der Waals surface area contributed by atoms with Crippen molar-refractivity contribution in [3.63, 3.8) is 0 Å². The highest BCUT2D eigenvalue weighted by Crippen LogP contribution is 2.25. The molecule has 1 aliphatic carbocycles. The summed E-state index contributed by atoms with van der Waals surface area (Å²) in [5.74, 6) is 0. The standard InChI is InChI=1S/C20H23N3O2/c1-12-7-16-14(9-20(24)25-19(16)8-13(12)2)10-23(3)11-18-15-5-4-6-17(15)21-22-18/h7-9H,4-6,10-11H2,1-3H3,(H,21,22). The molecule has 1 N–H and O–H groups in total. The van der Waals surface area contributed by atoms with Crippen LogP contribution in [-0.4, -0.2) is 22.1 Å². The van der Waals surface area contributed by atoms with E-state index in [0.29, 0.717) is 12.1 Å². The summed E-state index contributed by atoms with van der Waals surface area (Å²) in [6.45, 7) is 5.58. The van der Waals surface area contributed by atoms with Crippen LogP contribution in [0.15, 0.2) is 27.4 Å². The number of hydrogen-bond donors (Lipinski definition) is 1. The van der Waals surface area contributed by atoms with E-state index in [1.807, 2.05) is 13.0 Å². The largest absolute Gasteiger partial charge is 0.423 e. The second-order valence-electron chi connectivity index (χ2n) is 7.18. The molecule has 130 valence electrons. The van der Waals surface area contributed by atoms with Gasteiger partial charge in [-0.2, -0.15) is 5.10 Å². The van der Waals surface area contributed by atoms with E-state index in [9.17, 15) is 4.79 Å². The summed E-state index contributed by atoms with van der Waals surface area (Å²) in [6, 6.07) is 5.68. The number of H-pyrrole nitrogens is 1. The van der Waals surface area contributed by atoms with E-state index in [1.165, 1.54) is 23.2 Å². The third-order valence-electron chi connectivity index (χ3n) is 5.20. The molecule has 0 radical (unpaired) electrons. The molecular formula is C20H23N3O2. The molecule has 3 aromatic rings. The highest BCUT2D eigenvalue weighted by molar-refractivity contribution is 5.81. The molecular weight excluding hydrogens is 314 g/mol. The minimum Gasteiger partial charge on any atom is -0.423 e. The Labute approximate surface area is 146 Å². The van der Waals surface area contributed by atoms with Crippen molar-refractivity contribution in [3.8, 4) is 0 Å². The average molecular weight is 337 g/mol. The molecule has 5 nitrogen and oxygen atoms in total.